The van der Waals surface area contributed by atoms with Gasteiger partial charge >= 0.3 is 5.69 Å². The average Bonchev–Trinajstić information content (AvgIpc) is 3.16. The fourth-order valence-corrected chi connectivity index (χ4v) is 3.77. The first-order valence-corrected chi connectivity index (χ1v) is 9.17. The molecule has 0 saturated carbocycles. The van der Waals surface area contributed by atoms with E-state index in [2.05, 4.69) is 10.1 Å². The highest BCUT2D eigenvalue weighted by atomic mass is 35.5. The zero-order valence-electron chi connectivity index (χ0n) is 14.4. The Bertz CT molecular complexity index is 924. The Morgan fingerprint density at radius 2 is 2.19 bits per heavy atom. The minimum atomic E-state index is -2.86. The van der Waals surface area contributed by atoms with Gasteiger partial charge in [0.05, 0.1) is 23.8 Å². The third-order valence-corrected chi connectivity index (χ3v) is 5.22. The summed E-state index contributed by atoms with van der Waals surface area (Å²) in [6.45, 7) is -0.427. The van der Waals surface area contributed by atoms with Crippen molar-refractivity contribution < 1.29 is 13.6 Å². The number of rotatable bonds is 3. The molecule has 1 fully saturated rings. The lowest BCUT2D eigenvalue weighted by Crippen LogP contribution is -2.42. The monoisotopic (exact) mass is 397 g/mol. The molecule has 144 valence electrons. The summed E-state index contributed by atoms with van der Waals surface area (Å²) in [7, 11) is 0. The standard InChI is InChI=1S/C17H18ClF2N5O2/c18-11-4-5-12(21-8-11)9-24-16(27)25-13(2-1-3-14(25)22-24)15(26)23-7-6-17(19,20)10-23/h4-5,8,13H,1-3,6-7,9-10H2/t13-/m1/s1. The number of hydrogen-bond acceptors (Lipinski definition) is 4. The zero-order valence-corrected chi connectivity index (χ0v) is 15.2. The minimum Gasteiger partial charge on any atom is -0.335 e. The van der Waals surface area contributed by atoms with Crippen LogP contribution in [0.4, 0.5) is 8.78 Å². The second-order valence-corrected chi connectivity index (χ2v) is 7.40. The molecule has 0 bridgehead atoms. The van der Waals surface area contributed by atoms with Crippen LogP contribution in [0.15, 0.2) is 23.1 Å². The number of carbonyl (C=O) groups excluding carboxylic acids is 1. The smallest absolute Gasteiger partial charge is 0.335 e. The fourth-order valence-electron chi connectivity index (χ4n) is 3.66. The number of amides is 1. The van der Waals surface area contributed by atoms with Crippen molar-refractivity contribution in [1.29, 1.82) is 0 Å². The second-order valence-electron chi connectivity index (χ2n) is 6.97. The molecule has 2 aromatic rings. The number of nitrogens with zero attached hydrogens (tertiary/aromatic N) is 5. The van der Waals surface area contributed by atoms with Crippen LogP contribution in [0.5, 0.6) is 0 Å². The van der Waals surface area contributed by atoms with E-state index in [0.29, 0.717) is 35.8 Å². The quantitative estimate of drug-likeness (QED) is 0.792. The molecule has 4 rings (SSSR count). The van der Waals surface area contributed by atoms with E-state index in [1.807, 2.05) is 0 Å². The lowest BCUT2D eigenvalue weighted by atomic mass is 10.0. The summed E-state index contributed by atoms with van der Waals surface area (Å²) >= 11 is 5.82. The first-order valence-electron chi connectivity index (χ1n) is 8.79. The predicted molar refractivity (Wildman–Crippen MR) is 93.0 cm³/mol. The number of hydrogen-bond donors (Lipinski definition) is 0. The van der Waals surface area contributed by atoms with Crippen LogP contribution < -0.4 is 5.69 Å². The molecule has 7 nitrogen and oxygen atoms in total. The Morgan fingerprint density at radius 3 is 2.85 bits per heavy atom. The third kappa shape index (κ3) is 3.47. The van der Waals surface area contributed by atoms with Crippen LogP contribution in [0.25, 0.3) is 0 Å². The summed E-state index contributed by atoms with van der Waals surface area (Å²) in [6, 6.07) is 2.59. The van der Waals surface area contributed by atoms with Gasteiger partial charge in [0.2, 0.25) is 5.91 Å². The van der Waals surface area contributed by atoms with Gasteiger partial charge < -0.3 is 4.90 Å². The van der Waals surface area contributed by atoms with Gasteiger partial charge in [-0.2, -0.15) is 5.10 Å². The molecule has 2 aliphatic heterocycles. The summed E-state index contributed by atoms with van der Waals surface area (Å²) in [4.78, 5) is 30.9. The second kappa shape index (κ2) is 6.70. The van der Waals surface area contributed by atoms with Crippen molar-refractivity contribution in [3.63, 3.8) is 0 Å². The van der Waals surface area contributed by atoms with E-state index in [-0.39, 0.29) is 19.5 Å². The van der Waals surface area contributed by atoms with Crippen molar-refractivity contribution >= 4 is 17.5 Å². The van der Waals surface area contributed by atoms with E-state index in [4.69, 9.17) is 11.6 Å². The molecule has 10 heteroatoms. The van der Waals surface area contributed by atoms with Crippen molar-refractivity contribution in [1.82, 2.24) is 24.2 Å². The van der Waals surface area contributed by atoms with Gasteiger partial charge in [-0.05, 0) is 25.0 Å². The molecule has 1 atom stereocenters. The molecule has 1 saturated heterocycles. The molecule has 0 aliphatic carbocycles. The van der Waals surface area contributed by atoms with Gasteiger partial charge in [-0.1, -0.05) is 11.6 Å². The molecular weight excluding hydrogens is 380 g/mol. The third-order valence-electron chi connectivity index (χ3n) is 5.00. The normalized spacial score (nSPS) is 21.3. The van der Waals surface area contributed by atoms with E-state index in [1.165, 1.54) is 15.4 Å². The van der Waals surface area contributed by atoms with Crippen LogP contribution in [0, 0.1) is 0 Å². The van der Waals surface area contributed by atoms with Gasteiger partial charge in [0.25, 0.3) is 5.92 Å². The Balaban J connectivity index is 1.61. The van der Waals surface area contributed by atoms with Crippen LogP contribution in [0.2, 0.25) is 5.02 Å². The summed E-state index contributed by atoms with van der Waals surface area (Å²) in [5, 5.41) is 4.82. The molecule has 0 spiro atoms. The summed E-state index contributed by atoms with van der Waals surface area (Å²) in [5.41, 5.74) is 0.185. The minimum absolute atomic E-state index is 0.00918. The van der Waals surface area contributed by atoms with Crippen LogP contribution in [0.1, 0.15) is 36.8 Å². The Morgan fingerprint density at radius 1 is 1.37 bits per heavy atom. The molecule has 2 aromatic heterocycles. The largest absolute Gasteiger partial charge is 0.347 e. The van der Waals surface area contributed by atoms with Crippen molar-refractivity contribution in [2.75, 3.05) is 13.1 Å². The Labute approximate surface area is 158 Å². The number of pyridine rings is 1. The first-order chi connectivity index (χ1) is 12.8. The average molecular weight is 398 g/mol. The van der Waals surface area contributed by atoms with Gasteiger partial charge in [-0.3, -0.25) is 14.3 Å². The maximum atomic E-state index is 13.5. The molecule has 0 unspecified atom stereocenters. The molecule has 0 aromatic carbocycles. The summed E-state index contributed by atoms with van der Waals surface area (Å²) in [6.07, 6.45) is 2.83. The molecular formula is C17H18ClF2N5O2. The molecule has 2 aliphatic rings. The van der Waals surface area contributed by atoms with Crippen LogP contribution >= 0.6 is 11.6 Å². The SMILES string of the molecule is O=C([C@H]1CCCc2nn(Cc3ccc(Cl)cn3)c(=O)n21)N1CCC(F)(F)C1. The number of aryl methyl sites for hydroxylation is 1. The van der Waals surface area contributed by atoms with Gasteiger partial charge in [-0.15, -0.1) is 0 Å². The van der Waals surface area contributed by atoms with Gasteiger partial charge in [0.1, 0.15) is 11.9 Å². The molecule has 0 radical (unpaired) electrons. The van der Waals surface area contributed by atoms with E-state index in [1.54, 1.807) is 12.1 Å². The predicted octanol–water partition coefficient (Wildman–Crippen LogP) is 1.89. The van der Waals surface area contributed by atoms with Gasteiger partial charge in [-0.25, -0.2) is 18.3 Å². The number of likely N-dealkylation sites (tertiary alicyclic amines) is 1. The van der Waals surface area contributed by atoms with Gasteiger partial charge in [0.15, 0.2) is 0 Å². The van der Waals surface area contributed by atoms with Crippen LogP contribution in [-0.4, -0.2) is 49.2 Å². The number of fused-ring (bicyclic) bond motifs is 1. The van der Waals surface area contributed by atoms with Crippen molar-refractivity contribution in [3.05, 3.63) is 45.4 Å². The van der Waals surface area contributed by atoms with Crippen molar-refractivity contribution in [2.24, 2.45) is 0 Å². The zero-order chi connectivity index (χ0) is 19.2. The molecule has 27 heavy (non-hydrogen) atoms. The number of halogens is 3. The molecule has 1 amide bonds. The lowest BCUT2D eigenvalue weighted by Gasteiger charge is -2.27. The van der Waals surface area contributed by atoms with Crippen molar-refractivity contribution in [3.8, 4) is 0 Å². The van der Waals surface area contributed by atoms with E-state index in [9.17, 15) is 18.4 Å². The number of alkyl halides is 2. The Hall–Kier alpha value is -2.29. The maximum absolute atomic E-state index is 13.5. The van der Waals surface area contributed by atoms with Gasteiger partial charge in [0, 0.05) is 25.6 Å². The van der Waals surface area contributed by atoms with Crippen LogP contribution in [-0.2, 0) is 17.8 Å². The lowest BCUT2D eigenvalue weighted by molar-refractivity contribution is -0.135. The fraction of sp³-hybridized carbons (Fsp3) is 0.529. The Kier molecular flexibility index (Phi) is 4.49. The number of carbonyl (C=O) groups is 1. The highest BCUT2D eigenvalue weighted by Gasteiger charge is 2.43. The highest BCUT2D eigenvalue weighted by Crippen LogP contribution is 2.31. The van der Waals surface area contributed by atoms with Crippen molar-refractivity contribution in [2.45, 2.75) is 44.2 Å². The van der Waals surface area contributed by atoms with E-state index >= 15 is 0 Å². The highest BCUT2D eigenvalue weighted by molar-refractivity contribution is 6.30. The summed E-state index contributed by atoms with van der Waals surface area (Å²) in [5.74, 6) is -2.79. The maximum Gasteiger partial charge on any atom is 0.347 e. The van der Waals surface area contributed by atoms with E-state index in [0.717, 1.165) is 4.90 Å². The van der Waals surface area contributed by atoms with E-state index < -0.39 is 30.1 Å². The number of aromatic nitrogens is 4. The van der Waals surface area contributed by atoms with Crippen LogP contribution in [0.3, 0.4) is 0 Å². The summed E-state index contributed by atoms with van der Waals surface area (Å²) < 4.78 is 29.6. The molecule has 4 heterocycles. The topological polar surface area (TPSA) is 73.0 Å². The molecule has 0 N–H and O–H groups in total. The first kappa shape index (κ1) is 18.1.